The van der Waals surface area contributed by atoms with E-state index in [9.17, 15) is 15.2 Å². The normalized spacial score (nSPS) is 17.9. The molecular formula is C22H22N4O5S. The maximum absolute atomic E-state index is 11.1. The third kappa shape index (κ3) is 4.14. The molecular weight excluding hydrogens is 432 g/mol. The fourth-order valence-corrected chi connectivity index (χ4v) is 4.18. The quantitative estimate of drug-likeness (QED) is 0.299. The van der Waals surface area contributed by atoms with Crippen LogP contribution in [-0.4, -0.2) is 45.3 Å². The number of pyridine rings is 1. The molecule has 2 N–H and O–H groups in total. The van der Waals surface area contributed by atoms with Crippen molar-refractivity contribution in [3.05, 3.63) is 76.3 Å². The Labute approximate surface area is 189 Å². The Hall–Kier alpha value is -3.50. The number of benzene rings is 1. The molecule has 3 aromatic rings. The molecule has 0 radical (unpaired) electrons. The summed E-state index contributed by atoms with van der Waals surface area (Å²) in [7, 11) is 1.46. The monoisotopic (exact) mass is 454 g/mol. The maximum atomic E-state index is 11.1. The number of aliphatic hydroxyl groups is 1. The number of nitro groups is 1. The maximum Gasteiger partial charge on any atom is 0.273 e. The number of non-ortho nitro benzene ring substituents is 1. The number of hydrogen-bond acceptors (Lipinski definition) is 7. The Bertz CT molecular complexity index is 1120. The van der Waals surface area contributed by atoms with Crippen molar-refractivity contribution in [3.63, 3.8) is 0 Å². The van der Waals surface area contributed by atoms with Gasteiger partial charge >= 0.3 is 0 Å². The molecule has 0 saturated carbocycles. The molecule has 3 heterocycles. The van der Waals surface area contributed by atoms with Crippen molar-refractivity contribution in [2.24, 2.45) is 0 Å². The molecule has 1 aliphatic heterocycles. The van der Waals surface area contributed by atoms with Crippen LogP contribution >= 0.6 is 12.2 Å². The molecule has 0 unspecified atom stereocenters. The summed E-state index contributed by atoms with van der Waals surface area (Å²) < 4.78 is 11.6. The molecule has 0 aliphatic carbocycles. The first kappa shape index (κ1) is 21.7. The summed E-state index contributed by atoms with van der Waals surface area (Å²) in [6, 6.07) is 13.2. The van der Waals surface area contributed by atoms with Crippen molar-refractivity contribution in [2.75, 3.05) is 20.3 Å². The first-order chi connectivity index (χ1) is 15.5. The minimum atomic E-state index is -0.471. The molecule has 4 rings (SSSR count). The lowest BCUT2D eigenvalue weighted by Gasteiger charge is -2.25. The highest BCUT2D eigenvalue weighted by Gasteiger charge is 2.41. The fraction of sp³-hybridized carbons (Fsp3) is 0.273. The van der Waals surface area contributed by atoms with Crippen LogP contribution in [-0.2, 0) is 0 Å². The van der Waals surface area contributed by atoms with Crippen molar-refractivity contribution in [1.82, 2.24) is 15.2 Å². The molecule has 1 aliphatic rings. The van der Waals surface area contributed by atoms with Crippen molar-refractivity contribution in [3.8, 4) is 17.1 Å². The van der Waals surface area contributed by atoms with Crippen LogP contribution in [0.1, 0.15) is 30.0 Å². The van der Waals surface area contributed by atoms with E-state index in [2.05, 4.69) is 10.3 Å². The van der Waals surface area contributed by atoms with E-state index >= 15 is 0 Å². The van der Waals surface area contributed by atoms with Gasteiger partial charge in [0.1, 0.15) is 23.3 Å². The molecule has 0 spiro atoms. The van der Waals surface area contributed by atoms with Crippen LogP contribution in [0, 0.1) is 10.1 Å². The Balaban J connectivity index is 1.72. The van der Waals surface area contributed by atoms with Gasteiger partial charge < -0.3 is 24.5 Å². The summed E-state index contributed by atoms with van der Waals surface area (Å²) in [5.74, 6) is 1.52. The van der Waals surface area contributed by atoms with Crippen LogP contribution in [0.3, 0.4) is 0 Å². The Morgan fingerprint density at radius 2 is 2.16 bits per heavy atom. The van der Waals surface area contributed by atoms with Crippen LogP contribution in [0.25, 0.3) is 11.3 Å². The highest BCUT2D eigenvalue weighted by Crippen LogP contribution is 2.42. The number of nitrogens with zero attached hydrogens (tertiary/aromatic N) is 3. The number of nitrogens with one attached hydrogen (secondary N) is 1. The van der Waals surface area contributed by atoms with Crippen molar-refractivity contribution in [2.45, 2.75) is 18.5 Å². The van der Waals surface area contributed by atoms with Gasteiger partial charge in [-0.1, -0.05) is 6.07 Å². The number of aliphatic hydroxyl groups excluding tert-OH is 1. The second-order valence-electron chi connectivity index (χ2n) is 7.24. The molecule has 1 fully saturated rings. The highest BCUT2D eigenvalue weighted by molar-refractivity contribution is 7.80. The summed E-state index contributed by atoms with van der Waals surface area (Å²) >= 11 is 5.57. The van der Waals surface area contributed by atoms with Crippen LogP contribution in [0.4, 0.5) is 5.69 Å². The summed E-state index contributed by atoms with van der Waals surface area (Å²) in [4.78, 5) is 17.1. The molecule has 2 atom stereocenters. The van der Waals surface area contributed by atoms with Gasteiger partial charge in [0, 0.05) is 25.4 Å². The van der Waals surface area contributed by atoms with E-state index in [1.807, 2.05) is 29.2 Å². The van der Waals surface area contributed by atoms with Crippen molar-refractivity contribution < 1.29 is 19.2 Å². The molecule has 9 nitrogen and oxygen atoms in total. The van der Waals surface area contributed by atoms with Crippen molar-refractivity contribution in [1.29, 1.82) is 0 Å². The lowest BCUT2D eigenvalue weighted by Crippen LogP contribution is -2.30. The lowest BCUT2D eigenvalue weighted by atomic mass is 10.0. The molecule has 1 saturated heterocycles. The summed E-state index contributed by atoms with van der Waals surface area (Å²) in [6.45, 7) is 0.594. The molecule has 0 bridgehead atoms. The molecule has 166 valence electrons. The van der Waals surface area contributed by atoms with E-state index < -0.39 is 4.92 Å². The van der Waals surface area contributed by atoms with E-state index in [1.54, 1.807) is 18.3 Å². The van der Waals surface area contributed by atoms with Crippen molar-refractivity contribution >= 4 is 23.0 Å². The molecule has 0 amide bonds. The number of furan rings is 1. The summed E-state index contributed by atoms with van der Waals surface area (Å²) in [5, 5.41) is 24.3. The minimum absolute atomic E-state index is 0.0451. The highest BCUT2D eigenvalue weighted by atomic mass is 32.1. The Kier molecular flexibility index (Phi) is 6.33. The molecule has 10 heteroatoms. The third-order valence-electron chi connectivity index (χ3n) is 5.33. The zero-order valence-corrected chi connectivity index (χ0v) is 18.1. The van der Waals surface area contributed by atoms with Crippen LogP contribution in [0.5, 0.6) is 5.75 Å². The number of thiocarbonyl (C=S) groups is 1. The first-order valence-electron chi connectivity index (χ1n) is 10.0. The zero-order chi connectivity index (χ0) is 22.7. The van der Waals surface area contributed by atoms with E-state index in [0.29, 0.717) is 40.9 Å². The van der Waals surface area contributed by atoms with Crippen LogP contribution in [0.15, 0.2) is 59.1 Å². The van der Waals surface area contributed by atoms with Gasteiger partial charge in [0.2, 0.25) is 0 Å². The standard InChI is InChI=1S/C22H22N4O5S/c1-30-19-13-14(26(28)29)6-7-15(19)17-8-9-18(31-17)21-20(16-5-2-3-10-23-16)24-22(32)25(21)11-4-12-27/h2-3,5-10,13,20-21,27H,4,11-12H2,1H3,(H,24,32)/t20-,21-/m1/s1. The number of nitro benzene ring substituents is 1. The van der Waals surface area contributed by atoms with Crippen LogP contribution < -0.4 is 10.1 Å². The minimum Gasteiger partial charge on any atom is -0.496 e. The van der Waals surface area contributed by atoms with Gasteiger partial charge in [0.25, 0.3) is 5.69 Å². The fourth-order valence-electron chi connectivity index (χ4n) is 3.85. The van der Waals surface area contributed by atoms with Crippen LogP contribution in [0.2, 0.25) is 0 Å². The van der Waals surface area contributed by atoms with Gasteiger partial charge in [0.15, 0.2) is 5.11 Å². The van der Waals surface area contributed by atoms with Gasteiger partial charge in [0.05, 0.1) is 35.4 Å². The second kappa shape index (κ2) is 9.33. The van der Waals surface area contributed by atoms with Gasteiger partial charge in [-0.15, -0.1) is 0 Å². The average molecular weight is 455 g/mol. The number of ether oxygens (including phenoxy) is 1. The van der Waals surface area contributed by atoms with E-state index in [1.165, 1.54) is 19.2 Å². The van der Waals surface area contributed by atoms with Gasteiger partial charge in [-0.05, 0) is 49.0 Å². The van der Waals surface area contributed by atoms with E-state index in [0.717, 1.165) is 5.69 Å². The Morgan fingerprint density at radius 1 is 1.31 bits per heavy atom. The van der Waals surface area contributed by atoms with Gasteiger partial charge in [-0.2, -0.15) is 0 Å². The van der Waals surface area contributed by atoms with E-state index in [4.69, 9.17) is 21.4 Å². The lowest BCUT2D eigenvalue weighted by molar-refractivity contribution is -0.384. The number of aromatic nitrogens is 1. The largest absolute Gasteiger partial charge is 0.496 e. The SMILES string of the molecule is COc1cc([N+](=O)[O-])ccc1-c1ccc([C@@H]2[C@@H](c3ccccn3)NC(=S)N2CCCO)o1. The predicted molar refractivity (Wildman–Crippen MR) is 121 cm³/mol. The second-order valence-corrected chi connectivity index (χ2v) is 7.63. The smallest absolute Gasteiger partial charge is 0.273 e. The number of hydrogen-bond donors (Lipinski definition) is 2. The number of rotatable bonds is 8. The zero-order valence-electron chi connectivity index (χ0n) is 17.3. The first-order valence-corrected chi connectivity index (χ1v) is 10.5. The van der Waals surface area contributed by atoms with Gasteiger partial charge in [-0.3, -0.25) is 15.1 Å². The molecule has 1 aromatic carbocycles. The summed E-state index contributed by atoms with van der Waals surface area (Å²) in [6.07, 6.45) is 2.28. The third-order valence-corrected chi connectivity index (χ3v) is 5.69. The number of methoxy groups -OCH3 is 1. The molecule has 32 heavy (non-hydrogen) atoms. The predicted octanol–water partition coefficient (Wildman–Crippen LogP) is 3.61. The van der Waals surface area contributed by atoms with Gasteiger partial charge in [-0.25, -0.2) is 0 Å². The molecule has 2 aromatic heterocycles. The average Bonchev–Trinajstić information content (AvgIpc) is 3.42. The Morgan fingerprint density at radius 3 is 2.84 bits per heavy atom. The van der Waals surface area contributed by atoms with E-state index in [-0.39, 0.29) is 24.4 Å². The topological polar surface area (TPSA) is 114 Å². The summed E-state index contributed by atoms with van der Waals surface area (Å²) in [5.41, 5.74) is 1.36.